The van der Waals surface area contributed by atoms with Crippen LogP contribution >= 0.6 is 0 Å². The summed E-state index contributed by atoms with van der Waals surface area (Å²) in [5.41, 5.74) is -7.01. The number of alkyl halides is 8. The van der Waals surface area contributed by atoms with E-state index in [0.717, 1.165) is 0 Å². The summed E-state index contributed by atoms with van der Waals surface area (Å²) in [5.74, 6) is -11.0. The summed E-state index contributed by atoms with van der Waals surface area (Å²) < 4.78 is 99.0. The lowest BCUT2D eigenvalue weighted by molar-refractivity contribution is -0.323. The first-order chi connectivity index (χ1) is 6.38. The Kier molecular flexibility index (Phi) is 2.16. The number of rotatable bonds is 0. The van der Waals surface area contributed by atoms with Crippen molar-refractivity contribution in [2.45, 2.75) is 30.1 Å². The van der Waals surface area contributed by atoms with Gasteiger partial charge in [-0.1, -0.05) is 6.58 Å². The number of halogens is 8. The minimum atomic E-state index is -6.07. The molecule has 0 N–H and O–H groups in total. The molecule has 1 rings (SSSR count). The van der Waals surface area contributed by atoms with Crippen molar-refractivity contribution in [1.29, 1.82) is 0 Å². The third-order valence-corrected chi connectivity index (χ3v) is 2.24. The van der Waals surface area contributed by atoms with E-state index in [1.165, 1.54) is 0 Å². The number of allylic oxidation sites excluding steroid dienone is 1. The second kappa shape index (κ2) is 2.65. The minimum absolute atomic E-state index is 1.76. The first-order valence-corrected chi connectivity index (χ1v) is 3.57. The Morgan fingerprint density at radius 2 is 1.40 bits per heavy atom. The highest BCUT2D eigenvalue weighted by Crippen LogP contribution is 2.62. The molecule has 1 unspecified atom stereocenters. The molecule has 15 heavy (non-hydrogen) atoms. The van der Waals surface area contributed by atoms with Gasteiger partial charge in [0, 0.05) is 12.0 Å². The highest BCUT2D eigenvalue weighted by atomic mass is 19.4. The average molecular weight is 240 g/mol. The van der Waals surface area contributed by atoms with Gasteiger partial charge in [0.2, 0.25) is 0 Å². The largest absolute Gasteiger partial charge is 0.429 e. The Hall–Kier alpha value is -0.820. The second-order valence-corrected chi connectivity index (χ2v) is 3.23. The fraction of sp³-hybridized carbons (Fsp3) is 0.714. The zero-order chi connectivity index (χ0) is 12.3. The fourth-order valence-electron chi connectivity index (χ4n) is 1.27. The van der Waals surface area contributed by atoms with Crippen molar-refractivity contribution < 1.29 is 35.1 Å². The van der Waals surface area contributed by atoms with Crippen LogP contribution in [0.4, 0.5) is 35.1 Å². The Bertz CT molecular complexity index is 301. The summed E-state index contributed by atoms with van der Waals surface area (Å²) in [6, 6.07) is 0. The van der Waals surface area contributed by atoms with Gasteiger partial charge in [-0.25, -0.2) is 4.39 Å². The summed E-state index contributed by atoms with van der Waals surface area (Å²) in [6.45, 7) is 2.34. The van der Waals surface area contributed by atoms with Crippen LogP contribution in [0, 0.1) is 0 Å². The van der Waals surface area contributed by atoms with E-state index in [4.69, 9.17) is 0 Å². The van der Waals surface area contributed by atoms with Gasteiger partial charge < -0.3 is 0 Å². The second-order valence-electron chi connectivity index (χ2n) is 3.23. The minimum Gasteiger partial charge on any atom is -0.226 e. The van der Waals surface area contributed by atoms with Crippen LogP contribution in [0.15, 0.2) is 12.2 Å². The highest BCUT2D eigenvalue weighted by Gasteiger charge is 2.85. The normalized spacial score (nSPS) is 34.5. The molecule has 0 aliphatic heterocycles. The zero-order valence-electron chi connectivity index (χ0n) is 6.94. The molecule has 1 atom stereocenters. The molecule has 0 spiro atoms. The molecule has 1 saturated carbocycles. The summed E-state index contributed by atoms with van der Waals surface area (Å²) in [6.07, 6.45) is -8.20. The molecule has 0 aromatic rings. The molecular formula is C7H4F8. The third kappa shape index (κ3) is 1.19. The van der Waals surface area contributed by atoms with Crippen molar-refractivity contribution in [3.63, 3.8) is 0 Å². The topological polar surface area (TPSA) is 0 Å². The maximum atomic E-state index is 12.9. The van der Waals surface area contributed by atoms with E-state index in [0.29, 0.717) is 0 Å². The Balaban J connectivity index is 3.34. The van der Waals surface area contributed by atoms with E-state index in [9.17, 15) is 35.1 Å². The van der Waals surface area contributed by atoms with E-state index in [1.54, 1.807) is 0 Å². The predicted octanol–water partition coefficient (Wildman–Crippen LogP) is 3.49. The van der Waals surface area contributed by atoms with E-state index in [-0.39, 0.29) is 0 Å². The van der Waals surface area contributed by atoms with Crippen molar-refractivity contribution in [3.05, 3.63) is 12.2 Å². The summed E-state index contributed by atoms with van der Waals surface area (Å²) in [7, 11) is 0. The van der Waals surface area contributed by atoms with Crippen LogP contribution in [-0.2, 0) is 0 Å². The fourth-order valence-corrected chi connectivity index (χ4v) is 1.27. The van der Waals surface area contributed by atoms with Crippen LogP contribution in [0.2, 0.25) is 0 Å². The SMILES string of the molecule is C=C1CC(F)(C(F)(F)F)C(F)(F)C1(F)F. The predicted molar refractivity (Wildman–Crippen MR) is 33.5 cm³/mol. The molecule has 0 aromatic heterocycles. The molecule has 0 bridgehead atoms. The molecule has 0 amide bonds. The molecule has 0 radical (unpaired) electrons. The highest BCUT2D eigenvalue weighted by molar-refractivity contribution is 5.30. The van der Waals surface area contributed by atoms with Crippen molar-refractivity contribution >= 4 is 0 Å². The van der Waals surface area contributed by atoms with Crippen LogP contribution in [0.3, 0.4) is 0 Å². The van der Waals surface area contributed by atoms with Gasteiger partial charge in [0.1, 0.15) is 0 Å². The Morgan fingerprint density at radius 1 is 1.00 bits per heavy atom. The van der Waals surface area contributed by atoms with Crippen molar-refractivity contribution in [3.8, 4) is 0 Å². The van der Waals surface area contributed by atoms with Gasteiger partial charge in [0.15, 0.2) is 0 Å². The van der Waals surface area contributed by atoms with Gasteiger partial charge in [0.05, 0.1) is 0 Å². The molecule has 0 nitrogen and oxygen atoms in total. The molecule has 0 aromatic carbocycles. The van der Waals surface area contributed by atoms with E-state index in [1.807, 2.05) is 0 Å². The quantitative estimate of drug-likeness (QED) is 0.449. The van der Waals surface area contributed by atoms with Gasteiger partial charge in [0.25, 0.3) is 5.67 Å². The molecule has 1 fully saturated rings. The van der Waals surface area contributed by atoms with Crippen molar-refractivity contribution in [2.24, 2.45) is 0 Å². The van der Waals surface area contributed by atoms with Gasteiger partial charge >= 0.3 is 18.0 Å². The van der Waals surface area contributed by atoms with E-state index in [2.05, 4.69) is 6.58 Å². The Morgan fingerprint density at radius 3 is 1.53 bits per heavy atom. The van der Waals surface area contributed by atoms with Crippen LogP contribution in [0.25, 0.3) is 0 Å². The summed E-state index contributed by atoms with van der Waals surface area (Å²) in [4.78, 5) is 0. The molecule has 8 heteroatoms. The van der Waals surface area contributed by atoms with Crippen molar-refractivity contribution in [1.82, 2.24) is 0 Å². The van der Waals surface area contributed by atoms with Crippen LogP contribution < -0.4 is 0 Å². The molecule has 1 aliphatic carbocycles. The maximum Gasteiger partial charge on any atom is 0.429 e. The lowest BCUT2D eigenvalue weighted by Crippen LogP contribution is -2.57. The summed E-state index contributed by atoms with van der Waals surface area (Å²) in [5, 5.41) is 0. The van der Waals surface area contributed by atoms with Gasteiger partial charge in [-0.15, -0.1) is 0 Å². The molecule has 88 valence electrons. The maximum absolute atomic E-state index is 12.9. The number of hydrogen-bond acceptors (Lipinski definition) is 0. The lowest BCUT2D eigenvalue weighted by Gasteiger charge is -2.30. The first-order valence-electron chi connectivity index (χ1n) is 3.57. The monoisotopic (exact) mass is 240 g/mol. The average Bonchev–Trinajstić information content (AvgIpc) is 2.10. The lowest BCUT2D eigenvalue weighted by atomic mass is 10.00. The zero-order valence-corrected chi connectivity index (χ0v) is 6.94. The molecule has 1 aliphatic rings. The third-order valence-electron chi connectivity index (χ3n) is 2.24. The van der Waals surface area contributed by atoms with Gasteiger partial charge in [-0.3, -0.25) is 0 Å². The molecular weight excluding hydrogens is 236 g/mol. The van der Waals surface area contributed by atoms with Crippen LogP contribution in [0.1, 0.15) is 6.42 Å². The first kappa shape index (κ1) is 12.3. The van der Waals surface area contributed by atoms with Gasteiger partial charge in [-0.05, 0) is 0 Å². The summed E-state index contributed by atoms with van der Waals surface area (Å²) >= 11 is 0. The van der Waals surface area contributed by atoms with Crippen LogP contribution in [-0.4, -0.2) is 23.7 Å². The van der Waals surface area contributed by atoms with Crippen LogP contribution in [0.5, 0.6) is 0 Å². The van der Waals surface area contributed by atoms with Crippen molar-refractivity contribution in [2.75, 3.05) is 0 Å². The van der Waals surface area contributed by atoms with Gasteiger partial charge in [-0.2, -0.15) is 30.7 Å². The smallest absolute Gasteiger partial charge is 0.226 e. The van der Waals surface area contributed by atoms with E-state index < -0.39 is 35.7 Å². The Labute approximate surface area is 78.6 Å². The standard InChI is InChI=1S/C7H4F8/c1-3-2-4(8,7(13,14)15)6(11,12)5(3,9)10/h1-2H2. The molecule has 0 saturated heterocycles. The number of hydrogen-bond donors (Lipinski definition) is 0. The van der Waals surface area contributed by atoms with E-state index >= 15 is 0 Å². The molecule has 0 heterocycles.